The fourth-order valence-corrected chi connectivity index (χ4v) is 1.26. The molecule has 0 unspecified atom stereocenters. The normalized spacial score (nSPS) is 10.5. The first kappa shape index (κ1) is 9.86. The van der Waals surface area contributed by atoms with E-state index in [2.05, 4.69) is 10.3 Å². The fourth-order valence-electron chi connectivity index (χ4n) is 1.26. The van der Waals surface area contributed by atoms with E-state index in [9.17, 15) is 4.39 Å². The van der Waals surface area contributed by atoms with Gasteiger partial charge in [0.1, 0.15) is 11.6 Å². The maximum Gasteiger partial charge on any atom is 0.180 e. The molecule has 4 heteroatoms. The molecule has 1 heterocycles. The molecule has 0 saturated carbocycles. The predicted molar refractivity (Wildman–Crippen MR) is 53.4 cm³/mol. The molecule has 1 aromatic heterocycles. The predicted octanol–water partition coefficient (Wildman–Crippen LogP) is 2.10. The van der Waals surface area contributed by atoms with Gasteiger partial charge in [-0.05, 0) is 17.7 Å². The van der Waals surface area contributed by atoms with E-state index >= 15 is 0 Å². The second-order valence-electron chi connectivity index (χ2n) is 3.20. The molecule has 0 amide bonds. The molecule has 2 rings (SSSR count). The highest BCUT2D eigenvalue weighted by Crippen LogP contribution is 2.03. The fraction of sp³-hybridized carbons (Fsp3) is 0.182. The van der Waals surface area contributed by atoms with Gasteiger partial charge in [0.15, 0.2) is 6.39 Å². The maximum absolute atomic E-state index is 12.6. The van der Waals surface area contributed by atoms with Crippen molar-refractivity contribution in [1.29, 1.82) is 0 Å². The zero-order chi connectivity index (χ0) is 10.5. The van der Waals surface area contributed by atoms with Crippen molar-refractivity contribution >= 4 is 0 Å². The monoisotopic (exact) mass is 206 g/mol. The number of rotatable bonds is 4. The molecule has 78 valence electrons. The first-order chi connectivity index (χ1) is 7.34. The zero-order valence-corrected chi connectivity index (χ0v) is 8.11. The molecule has 2 aromatic rings. The third-order valence-corrected chi connectivity index (χ3v) is 2.03. The molecule has 0 aliphatic rings. The van der Waals surface area contributed by atoms with Crippen molar-refractivity contribution in [2.45, 2.75) is 13.1 Å². The van der Waals surface area contributed by atoms with E-state index in [-0.39, 0.29) is 5.82 Å². The quantitative estimate of drug-likeness (QED) is 0.832. The van der Waals surface area contributed by atoms with Crippen molar-refractivity contribution in [2.24, 2.45) is 0 Å². The van der Waals surface area contributed by atoms with Gasteiger partial charge >= 0.3 is 0 Å². The Hall–Kier alpha value is -1.68. The minimum Gasteiger partial charge on any atom is -0.447 e. The minimum atomic E-state index is -0.214. The molecule has 0 fully saturated rings. The lowest BCUT2D eigenvalue weighted by atomic mass is 10.2. The molecule has 15 heavy (non-hydrogen) atoms. The molecule has 0 aliphatic carbocycles. The molecule has 3 nitrogen and oxygen atoms in total. The number of hydrogen-bond donors (Lipinski definition) is 1. The SMILES string of the molecule is Fc1ccc(CNCc2cnco2)cc1. The van der Waals surface area contributed by atoms with Crippen LogP contribution in [0.2, 0.25) is 0 Å². The average Bonchev–Trinajstić information content (AvgIpc) is 2.74. The Bertz CT molecular complexity index is 397. The highest BCUT2D eigenvalue weighted by molar-refractivity contribution is 5.15. The van der Waals surface area contributed by atoms with E-state index < -0.39 is 0 Å². The standard InChI is InChI=1S/C11H11FN2O/c12-10-3-1-9(2-4-10)5-13-6-11-7-14-8-15-11/h1-4,7-8,13H,5-6H2. The van der Waals surface area contributed by atoms with Crippen LogP contribution in [0.25, 0.3) is 0 Å². The van der Waals surface area contributed by atoms with Crippen LogP contribution < -0.4 is 5.32 Å². The summed E-state index contributed by atoms with van der Waals surface area (Å²) in [5.74, 6) is 0.575. The Morgan fingerprint density at radius 1 is 1.20 bits per heavy atom. The summed E-state index contributed by atoms with van der Waals surface area (Å²) in [6, 6.07) is 6.41. The highest BCUT2D eigenvalue weighted by Gasteiger charge is 1.96. The van der Waals surface area contributed by atoms with Gasteiger partial charge in [-0.2, -0.15) is 0 Å². The zero-order valence-electron chi connectivity index (χ0n) is 8.11. The molecule has 0 bridgehead atoms. The number of oxazole rings is 1. The lowest BCUT2D eigenvalue weighted by Gasteiger charge is -2.02. The van der Waals surface area contributed by atoms with Crippen LogP contribution in [0.15, 0.2) is 41.3 Å². The van der Waals surface area contributed by atoms with Gasteiger partial charge < -0.3 is 9.73 Å². The summed E-state index contributed by atoms with van der Waals surface area (Å²) in [6.07, 6.45) is 3.06. The van der Waals surface area contributed by atoms with Crippen LogP contribution in [0.3, 0.4) is 0 Å². The van der Waals surface area contributed by atoms with Crippen molar-refractivity contribution in [3.63, 3.8) is 0 Å². The van der Waals surface area contributed by atoms with Crippen LogP contribution in [0.5, 0.6) is 0 Å². The summed E-state index contributed by atoms with van der Waals surface area (Å²) >= 11 is 0. The summed E-state index contributed by atoms with van der Waals surface area (Å²) in [4.78, 5) is 3.80. The molecular formula is C11H11FN2O. The molecular weight excluding hydrogens is 195 g/mol. The third kappa shape index (κ3) is 2.89. The van der Waals surface area contributed by atoms with E-state index in [0.717, 1.165) is 11.3 Å². The van der Waals surface area contributed by atoms with Gasteiger partial charge in [-0.3, -0.25) is 0 Å². The largest absolute Gasteiger partial charge is 0.447 e. The number of hydrogen-bond acceptors (Lipinski definition) is 3. The van der Waals surface area contributed by atoms with Crippen molar-refractivity contribution < 1.29 is 8.81 Å². The molecule has 0 radical (unpaired) electrons. The van der Waals surface area contributed by atoms with Gasteiger partial charge in [-0.25, -0.2) is 9.37 Å². The van der Waals surface area contributed by atoms with Gasteiger partial charge in [0, 0.05) is 6.54 Å². The van der Waals surface area contributed by atoms with Crippen LogP contribution in [0, 0.1) is 5.82 Å². The van der Waals surface area contributed by atoms with Crippen LogP contribution in [-0.2, 0) is 13.1 Å². The molecule has 0 spiro atoms. The number of halogens is 1. The molecule has 1 N–H and O–H groups in total. The van der Waals surface area contributed by atoms with Crippen LogP contribution >= 0.6 is 0 Å². The Morgan fingerprint density at radius 2 is 2.00 bits per heavy atom. The Balaban J connectivity index is 1.81. The first-order valence-corrected chi connectivity index (χ1v) is 4.67. The van der Waals surface area contributed by atoms with E-state index in [1.165, 1.54) is 18.5 Å². The average molecular weight is 206 g/mol. The van der Waals surface area contributed by atoms with Gasteiger partial charge in [0.05, 0.1) is 12.7 Å². The highest BCUT2D eigenvalue weighted by atomic mass is 19.1. The van der Waals surface area contributed by atoms with Gasteiger partial charge in [0.25, 0.3) is 0 Å². The lowest BCUT2D eigenvalue weighted by Crippen LogP contribution is -2.11. The number of nitrogens with zero attached hydrogens (tertiary/aromatic N) is 1. The summed E-state index contributed by atoms with van der Waals surface area (Å²) < 4.78 is 17.6. The Labute approximate surface area is 86.9 Å². The first-order valence-electron chi connectivity index (χ1n) is 4.67. The third-order valence-electron chi connectivity index (χ3n) is 2.03. The van der Waals surface area contributed by atoms with E-state index in [4.69, 9.17) is 4.42 Å². The maximum atomic E-state index is 12.6. The molecule has 0 saturated heterocycles. The summed E-state index contributed by atoms with van der Waals surface area (Å²) in [6.45, 7) is 1.30. The summed E-state index contributed by atoms with van der Waals surface area (Å²) in [5.41, 5.74) is 1.04. The topological polar surface area (TPSA) is 38.1 Å². The Morgan fingerprint density at radius 3 is 2.67 bits per heavy atom. The minimum absolute atomic E-state index is 0.214. The molecule has 0 aliphatic heterocycles. The van der Waals surface area contributed by atoms with Crippen LogP contribution in [-0.4, -0.2) is 4.98 Å². The molecule has 0 atom stereocenters. The summed E-state index contributed by atoms with van der Waals surface area (Å²) in [7, 11) is 0. The smallest absolute Gasteiger partial charge is 0.180 e. The van der Waals surface area contributed by atoms with Crippen LogP contribution in [0.4, 0.5) is 4.39 Å². The van der Waals surface area contributed by atoms with Crippen molar-refractivity contribution in [3.05, 3.63) is 54.0 Å². The van der Waals surface area contributed by atoms with Crippen molar-refractivity contribution in [3.8, 4) is 0 Å². The lowest BCUT2D eigenvalue weighted by molar-refractivity contribution is 0.479. The second-order valence-corrected chi connectivity index (χ2v) is 3.20. The van der Waals surface area contributed by atoms with Crippen molar-refractivity contribution in [2.75, 3.05) is 0 Å². The number of aromatic nitrogens is 1. The van der Waals surface area contributed by atoms with Crippen LogP contribution in [0.1, 0.15) is 11.3 Å². The number of nitrogens with one attached hydrogen (secondary N) is 1. The molecule has 1 aromatic carbocycles. The van der Waals surface area contributed by atoms with E-state index in [1.54, 1.807) is 18.3 Å². The van der Waals surface area contributed by atoms with E-state index in [0.29, 0.717) is 13.1 Å². The number of benzene rings is 1. The second kappa shape index (κ2) is 4.70. The van der Waals surface area contributed by atoms with Gasteiger partial charge in [0.2, 0.25) is 0 Å². The summed E-state index contributed by atoms with van der Waals surface area (Å²) in [5, 5.41) is 3.17. The van der Waals surface area contributed by atoms with Crippen molar-refractivity contribution in [1.82, 2.24) is 10.3 Å². The van der Waals surface area contributed by atoms with E-state index in [1.807, 2.05) is 0 Å². The van der Waals surface area contributed by atoms with Gasteiger partial charge in [-0.1, -0.05) is 12.1 Å². The van der Waals surface area contributed by atoms with Gasteiger partial charge in [-0.15, -0.1) is 0 Å². The Kier molecular flexibility index (Phi) is 3.09.